The average Bonchev–Trinajstić information content (AvgIpc) is 2.91. The summed E-state index contributed by atoms with van der Waals surface area (Å²) < 4.78 is 19.3. The lowest BCUT2D eigenvalue weighted by atomic mass is 10.1. The van der Waals surface area contributed by atoms with Crippen molar-refractivity contribution in [3.8, 4) is 0 Å². The van der Waals surface area contributed by atoms with Crippen LogP contribution in [0.15, 0.2) is 42.5 Å². The van der Waals surface area contributed by atoms with Crippen molar-refractivity contribution in [2.24, 2.45) is 0 Å². The minimum Gasteiger partial charge on any atom is -0.378 e. The fourth-order valence-electron chi connectivity index (χ4n) is 2.95. The van der Waals surface area contributed by atoms with Crippen LogP contribution in [0.25, 0.3) is 0 Å². The summed E-state index contributed by atoms with van der Waals surface area (Å²) in [7, 11) is 0. The number of anilines is 1. The van der Waals surface area contributed by atoms with E-state index < -0.39 is 0 Å². The van der Waals surface area contributed by atoms with Crippen molar-refractivity contribution in [2.45, 2.75) is 32.4 Å². The van der Waals surface area contributed by atoms with E-state index >= 15 is 0 Å². The summed E-state index contributed by atoms with van der Waals surface area (Å²) in [5.41, 5.74) is 4.16. The van der Waals surface area contributed by atoms with Crippen molar-refractivity contribution in [2.75, 3.05) is 11.9 Å². The molecule has 1 atom stereocenters. The van der Waals surface area contributed by atoms with Crippen LogP contribution in [0.5, 0.6) is 0 Å². The van der Waals surface area contributed by atoms with E-state index in [1.165, 1.54) is 0 Å². The summed E-state index contributed by atoms with van der Waals surface area (Å²) in [4.78, 5) is 0. The fraction of sp³-hybridized carbons (Fsp3) is 0.333. The molecule has 0 heterocycles. The monoisotopic (exact) mass is 285 g/mol. The Morgan fingerprint density at radius 3 is 2.90 bits per heavy atom. The molecule has 0 fully saturated rings. The maximum atomic E-state index is 13.8. The summed E-state index contributed by atoms with van der Waals surface area (Å²) in [5.74, 6) is -0.0839. The van der Waals surface area contributed by atoms with Crippen molar-refractivity contribution in [3.05, 3.63) is 65.0 Å². The van der Waals surface area contributed by atoms with Crippen molar-refractivity contribution in [1.82, 2.24) is 0 Å². The Bertz CT molecular complexity index is 626. The van der Waals surface area contributed by atoms with Crippen LogP contribution < -0.4 is 5.32 Å². The Morgan fingerprint density at radius 1 is 1.19 bits per heavy atom. The number of hydrogen-bond donors (Lipinski definition) is 1. The fourth-order valence-corrected chi connectivity index (χ4v) is 2.95. The van der Waals surface area contributed by atoms with Gasteiger partial charge in [-0.05, 0) is 43.0 Å². The molecule has 0 amide bonds. The number of fused-ring (bicyclic) bond motifs is 1. The molecule has 110 valence electrons. The van der Waals surface area contributed by atoms with Crippen molar-refractivity contribution in [1.29, 1.82) is 0 Å². The highest BCUT2D eigenvalue weighted by Gasteiger charge is 2.25. The number of nitrogens with one attached hydrogen (secondary N) is 1. The van der Waals surface area contributed by atoms with Crippen molar-refractivity contribution in [3.63, 3.8) is 0 Å². The first kappa shape index (κ1) is 14.1. The molecule has 2 nitrogen and oxygen atoms in total. The molecule has 0 spiro atoms. The Hall–Kier alpha value is -1.87. The lowest BCUT2D eigenvalue weighted by Crippen LogP contribution is -2.09. The highest BCUT2D eigenvalue weighted by atomic mass is 19.1. The zero-order valence-electron chi connectivity index (χ0n) is 12.2. The molecule has 0 aliphatic heterocycles. The quantitative estimate of drug-likeness (QED) is 0.875. The van der Waals surface area contributed by atoms with Crippen LogP contribution in [-0.2, 0) is 17.8 Å². The van der Waals surface area contributed by atoms with Crippen LogP contribution in [0.4, 0.5) is 10.1 Å². The topological polar surface area (TPSA) is 21.3 Å². The second-order valence-electron chi connectivity index (χ2n) is 5.34. The van der Waals surface area contributed by atoms with Gasteiger partial charge in [0.25, 0.3) is 0 Å². The van der Waals surface area contributed by atoms with Gasteiger partial charge in [0.1, 0.15) is 5.82 Å². The minimum absolute atomic E-state index is 0.0839. The van der Waals surface area contributed by atoms with Gasteiger partial charge in [0.15, 0.2) is 0 Å². The zero-order valence-corrected chi connectivity index (χ0v) is 12.2. The molecular formula is C18H20FNO. The molecule has 2 aromatic carbocycles. The summed E-state index contributed by atoms with van der Waals surface area (Å²) >= 11 is 0. The van der Waals surface area contributed by atoms with Crippen LogP contribution in [0.2, 0.25) is 0 Å². The predicted molar refractivity (Wildman–Crippen MR) is 82.9 cm³/mol. The second kappa shape index (κ2) is 6.27. The maximum absolute atomic E-state index is 13.8. The first-order valence-electron chi connectivity index (χ1n) is 7.49. The standard InChI is InChI=1S/C18H20FNO/c1-2-21-12-13-6-3-4-9-17(13)20-18-11-10-14-15(18)7-5-8-16(14)19/h3-9,18,20H,2,10-12H2,1H3. The molecule has 0 saturated heterocycles. The Morgan fingerprint density at radius 2 is 2.05 bits per heavy atom. The molecule has 2 aromatic rings. The SMILES string of the molecule is CCOCc1ccccc1NC1CCc2c(F)cccc21. The van der Waals surface area contributed by atoms with Crippen LogP contribution in [-0.4, -0.2) is 6.61 Å². The first-order valence-corrected chi connectivity index (χ1v) is 7.49. The molecule has 1 aliphatic carbocycles. The Balaban J connectivity index is 1.82. The lowest BCUT2D eigenvalue weighted by Gasteiger charge is -2.18. The highest BCUT2D eigenvalue weighted by Crippen LogP contribution is 2.35. The van der Waals surface area contributed by atoms with Gasteiger partial charge in [-0.25, -0.2) is 4.39 Å². The van der Waals surface area contributed by atoms with Gasteiger partial charge in [-0.2, -0.15) is 0 Å². The third-order valence-electron chi connectivity index (χ3n) is 4.02. The third kappa shape index (κ3) is 2.93. The smallest absolute Gasteiger partial charge is 0.126 e. The number of halogens is 1. The normalized spacial score (nSPS) is 16.8. The molecule has 3 heteroatoms. The largest absolute Gasteiger partial charge is 0.378 e. The number of rotatable bonds is 5. The molecule has 1 aliphatic rings. The summed E-state index contributed by atoms with van der Waals surface area (Å²) in [5, 5.41) is 3.56. The molecule has 0 aromatic heterocycles. The van der Waals surface area contributed by atoms with E-state index in [0.717, 1.165) is 35.2 Å². The van der Waals surface area contributed by atoms with E-state index in [2.05, 4.69) is 17.4 Å². The molecule has 1 unspecified atom stereocenters. The van der Waals surface area contributed by atoms with Gasteiger partial charge in [-0.15, -0.1) is 0 Å². The molecule has 21 heavy (non-hydrogen) atoms. The van der Waals surface area contributed by atoms with E-state index in [4.69, 9.17) is 4.74 Å². The van der Waals surface area contributed by atoms with Crippen LogP contribution >= 0.6 is 0 Å². The van der Waals surface area contributed by atoms with Gasteiger partial charge in [0.2, 0.25) is 0 Å². The van der Waals surface area contributed by atoms with Crippen LogP contribution in [0.3, 0.4) is 0 Å². The number of hydrogen-bond acceptors (Lipinski definition) is 2. The van der Waals surface area contributed by atoms with Gasteiger partial charge in [0, 0.05) is 17.9 Å². The number of benzene rings is 2. The Labute approximate surface area is 125 Å². The van der Waals surface area contributed by atoms with Crippen LogP contribution in [0.1, 0.15) is 36.1 Å². The summed E-state index contributed by atoms with van der Waals surface area (Å²) in [6.07, 6.45) is 1.73. The maximum Gasteiger partial charge on any atom is 0.126 e. The van der Waals surface area contributed by atoms with Crippen molar-refractivity contribution < 1.29 is 9.13 Å². The van der Waals surface area contributed by atoms with E-state index in [9.17, 15) is 4.39 Å². The number of para-hydroxylation sites is 1. The molecule has 0 saturated carbocycles. The van der Waals surface area contributed by atoms with Gasteiger partial charge in [-0.1, -0.05) is 30.3 Å². The predicted octanol–water partition coefficient (Wildman–Crippen LogP) is 4.46. The molecular weight excluding hydrogens is 265 g/mol. The van der Waals surface area contributed by atoms with Crippen LogP contribution in [0, 0.1) is 5.82 Å². The van der Waals surface area contributed by atoms with E-state index in [1.54, 1.807) is 12.1 Å². The summed E-state index contributed by atoms with van der Waals surface area (Å²) in [6.45, 7) is 3.29. The third-order valence-corrected chi connectivity index (χ3v) is 4.02. The summed E-state index contributed by atoms with van der Waals surface area (Å²) in [6, 6.07) is 13.7. The molecule has 3 rings (SSSR count). The lowest BCUT2D eigenvalue weighted by molar-refractivity contribution is 0.134. The molecule has 0 radical (unpaired) electrons. The highest BCUT2D eigenvalue weighted by molar-refractivity contribution is 5.54. The molecule has 1 N–H and O–H groups in total. The number of ether oxygens (including phenoxy) is 1. The first-order chi connectivity index (χ1) is 10.3. The Kier molecular flexibility index (Phi) is 4.20. The van der Waals surface area contributed by atoms with E-state index in [0.29, 0.717) is 13.2 Å². The van der Waals surface area contributed by atoms with Gasteiger partial charge >= 0.3 is 0 Å². The van der Waals surface area contributed by atoms with E-state index in [1.807, 2.05) is 25.1 Å². The second-order valence-corrected chi connectivity index (χ2v) is 5.34. The van der Waals surface area contributed by atoms with Gasteiger partial charge in [-0.3, -0.25) is 0 Å². The van der Waals surface area contributed by atoms with Gasteiger partial charge in [0.05, 0.1) is 12.6 Å². The van der Waals surface area contributed by atoms with Gasteiger partial charge < -0.3 is 10.1 Å². The average molecular weight is 285 g/mol. The minimum atomic E-state index is -0.0839. The van der Waals surface area contributed by atoms with Crippen molar-refractivity contribution >= 4 is 5.69 Å². The van der Waals surface area contributed by atoms with E-state index in [-0.39, 0.29) is 11.9 Å². The molecule has 0 bridgehead atoms. The zero-order chi connectivity index (χ0) is 14.7.